The van der Waals surface area contributed by atoms with Crippen molar-refractivity contribution in [3.63, 3.8) is 0 Å². The average Bonchev–Trinajstić information content (AvgIpc) is 2.69. The van der Waals surface area contributed by atoms with Crippen LogP contribution in [-0.4, -0.2) is 11.5 Å². The Morgan fingerprint density at radius 3 is 3.07 bits per heavy atom. The molecular weight excluding hydrogens is 210 g/mol. The summed E-state index contributed by atoms with van der Waals surface area (Å²) in [5, 5.41) is 0. The molecule has 0 spiro atoms. The molecule has 0 aliphatic heterocycles. The van der Waals surface area contributed by atoms with E-state index in [4.69, 9.17) is 4.74 Å². The molecule has 0 N–H and O–H groups in total. The average molecular weight is 227 g/mol. The maximum Gasteiger partial charge on any atom is 0.293 e. The molecule has 0 amide bonds. The van der Waals surface area contributed by atoms with Crippen LogP contribution in [-0.2, 0) is 22.6 Å². The van der Waals surface area contributed by atoms with Crippen molar-refractivity contribution in [3.05, 3.63) is 16.1 Å². The smallest absolute Gasteiger partial charge is 0.293 e. The summed E-state index contributed by atoms with van der Waals surface area (Å²) in [6, 6.07) is 0. The number of aryl methyl sites for hydroxylation is 1. The fraction of sp³-hybridized carbons (Fsp3) is 0.636. The summed E-state index contributed by atoms with van der Waals surface area (Å²) < 4.78 is 4.71. The molecule has 0 radical (unpaired) electrons. The van der Waals surface area contributed by atoms with E-state index in [-0.39, 0.29) is 0 Å². The highest BCUT2D eigenvalue weighted by Crippen LogP contribution is 2.17. The zero-order valence-corrected chi connectivity index (χ0v) is 9.89. The Labute approximate surface area is 94.5 Å². The molecule has 0 saturated heterocycles. The Kier molecular flexibility index (Phi) is 6.00. The Hall–Kier alpha value is -0.900. The highest BCUT2D eigenvalue weighted by Gasteiger charge is 2.05. The van der Waals surface area contributed by atoms with E-state index in [1.54, 1.807) is 11.3 Å². The molecule has 1 rings (SSSR count). The summed E-state index contributed by atoms with van der Waals surface area (Å²) in [5.74, 6) is 0. The molecule has 0 atom stereocenters. The third-order valence-electron chi connectivity index (χ3n) is 2.27. The van der Waals surface area contributed by atoms with Crippen molar-refractivity contribution in [2.24, 2.45) is 0 Å². The second kappa shape index (κ2) is 7.40. The van der Waals surface area contributed by atoms with Crippen molar-refractivity contribution in [3.8, 4) is 0 Å². The van der Waals surface area contributed by atoms with Crippen LogP contribution >= 0.6 is 11.3 Å². The van der Waals surface area contributed by atoms with E-state index in [2.05, 4.69) is 11.9 Å². The summed E-state index contributed by atoms with van der Waals surface area (Å²) in [6.07, 6.45) is 6.07. The van der Waals surface area contributed by atoms with Gasteiger partial charge in [0.05, 0.1) is 11.2 Å². The molecular formula is C11H17NO2S. The van der Waals surface area contributed by atoms with Gasteiger partial charge in [-0.15, -0.1) is 11.3 Å². The van der Waals surface area contributed by atoms with Gasteiger partial charge in [-0.1, -0.05) is 26.2 Å². The summed E-state index contributed by atoms with van der Waals surface area (Å²) >= 11 is 1.65. The summed E-state index contributed by atoms with van der Waals surface area (Å²) in [5.41, 5.74) is 2.74. The molecule has 0 aromatic carbocycles. The largest absolute Gasteiger partial charge is 0.461 e. The van der Waals surface area contributed by atoms with Crippen LogP contribution in [0.15, 0.2) is 5.51 Å². The number of aromatic nitrogens is 1. The van der Waals surface area contributed by atoms with Gasteiger partial charge in [-0.25, -0.2) is 4.98 Å². The van der Waals surface area contributed by atoms with E-state index in [0.29, 0.717) is 13.1 Å². The van der Waals surface area contributed by atoms with Crippen LogP contribution in [0.3, 0.4) is 0 Å². The third-order valence-corrected chi connectivity index (χ3v) is 3.21. The highest BCUT2D eigenvalue weighted by atomic mass is 32.1. The quantitative estimate of drug-likeness (QED) is 0.506. The zero-order chi connectivity index (χ0) is 10.9. The van der Waals surface area contributed by atoms with Crippen LogP contribution < -0.4 is 0 Å². The molecule has 3 nitrogen and oxygen atoms in total. The number of rotatable bonds is 8. The SMILES string of the molecule is CCCCCCc1scnc1COC=O. The molecule has 15 heavy (non-hydrogen) atoms. The molecule has 4 heteroatoms. The fourth-order valence-corrected chi connectivity index (χ4v) is 2.26. The first kappa shape index (κ1) is 12.2. The van der Waals surface area contributed by atoms with Crippen LogP contribution in [0.1, 0.15) is 43.2 Å². The van der Waals surface area contributed by atoms with Crippen LogP contribution in [0.2, 0.25) is 0 Å². The van der Waals surface area contributed by atoms with Crippen LogP contribution in [0.5, 0.6) is 0 Å². The molecule has 1 aromatic rings. The first-order valence-electron chi connectivity index (χ1n) is 5.35. The lowest BCUT2D eigenvalue weighted by Crippen LogP contribution is -1.95. The molecule has 0 aliphatic rings. The maximum absolute atomic E-state index is 10.1. The minimum Gasteiger partial charge on any atom is -0.461 e. The number of nitrogens with zero attached hydrogens (tertiary/aromatic N) is 1. The number of carbonyl (C=O) groups excluding carboxylic acids is 1. The van der Waals surface area contributed by atoms with Gasteiger partial charge in [-0.2, -0.15) is 0 Å². The Balaban J connectivity index is 2.32. The molecule has 0 bridgehead atoms. The van der Waals surface area contributed by atoms with Crippen molar-refractivity contribution < 1.29 is 9.53 Å². The van der Waals surface area contributed by atoms with Crippen LogP contribution in [0.25, 0.3) is 0 Å². The number of hydrogen-bond acceptors (Lipinski definition) is 4. The number of thiazole rings is 1. The molecule has 1 aromatic heterocycles. The third kappa shape index (κ3) is 4.42. The Bertz CT molecular complexity index is 286. The number of ether oxygens (including phenoxy) is 1. The van der Waals surface area contributed by atoms with E-state index in [1.807, 2.05) is 5.51 Å². The monoisotopic (exact) mass is 227 g/mol. The second-order valence-corrected chi connectivity index (χ2v) is 4.38. The maximum atomic E-state index is 10.1. The van der Waals surface area contributed by atoms with Crippen LogP contribution in [0, 0.1) is 0 Å². The normalized spacial score (nSPS) is 10.2. The topological polar surface area (TPSA) is 39.2 Å². The fourth-order valence-electron chi connectivity index (χ4n) is 1.44. The highest BCUT2D eigenvalue weighted by molar-refractivity contribution is 7.09. The van der Waals surface area contributed by atoms with Gasteiger partial charge >= 0.3 is 0 Å². The van der Waals surface area contributed by atoms with Crippen molar-refractivity contribution in [2.75, 3.05) is 0 Å². The van der Waals surface area contributed by atoms with Gasteiger partial charge in [0.15, 0.2) is 0 Å². The molecule has 0 saturated carbocycles. The summed E-state index contributed by atoms with van der Waals surface area (Å²) in [4.78, 5) is 15.5. The lowest BCUT2D eigenvalue weighted by atomic mass is 10.1. The zero-order valence-electron chi connectivity index (χ0n) is 9.07. The minimum atomic E-state index is 0.316. The van der Waals surface area contributed by atoms with Gasteiger partial charge < -0.3 is 4.74 Å². The Morgan fingerprint density at radius 1 is 1.47 bits per heavy atom. The van der Waals surface area contributed by atoms with Crippen molar-refractivity contribution in [1.82, 2.24) is 4.98 Å². The molecule has 0 unspecified atom stereocenters. The number of carbonyl (C=O) groups is 1. The van der Waals surface area contributed by atoms with Gasteiger partial charge in [0, 0.05) is 4.88 Å². The van der Waals surface area contributed by atoms with Crippen LogP contribution in [0.4, 0.5) is 0 Å². The van der Waals surface area contributed by atoms with Crippen molar-refractivity contribution in [1.29, 1.82) is 0 Å². The summed E-state index contributed by atoms with van der Waals surface area (Å²) in [7, 11) is 0. The first-order chi connectivity index (χ1) is 7.38. The van der Waals surface area contributed by atoms with Gasteiger partial charge in [0.1, 0.15) is 6.61 Å². The minimum absolute atomic E-state index is 0.316. The van der Waals surface area contributed by atoms with E-state index in [0.717, 1.165) is 12.1 Å². The van der Waals surface area contributed by atoms with E-state index in [1.165, 1.54) is 30.6 Å². The lowest BCUT2D eigenvalue weighted by molar-refractivity contribution is -0.129. The van der Waals surface area contributed by atoms with E-state index in [9.17, 15) is 4.79 Å². The number of hydrogen-bond donors (Lipinski definition) is 0. The Morgan fingerprint density at radius 2 is 2.33 bits per heavy atom. The molecule has 0 aliphatic carbocycles. The molecule has 84 valence electrons. The van der Waals surface area contributed by atoms with Crippen molar-refractivity contribution in [2.45, 2.75) is 45.6 Å². The first-order valence-corrected chi connectivity index (χ1v) is 6.23. The number of unbranched alkanes of at least 4 members (excludes halogenated alkanes) is 3. The van der Waals surface area contributed by atoms with Gasteiger partial charge in [0.2, 0.25) is 0 Å². The lowest BCUT2D eigenvalue weighted by Gasteiger charge is -2.01. The molecule has 0 fully saturated rings. The second-order valence-electron chi connectivity index (χ2n) is 3.44. The van der Waals surface area contributed by atoms with Gasteiger partial charge in [-0.05, 0) is 12.8 Å². The van der Waals surface area contributed by atoms with Crippen molar-refractivity contribution >= 4 is 17.8 Å². The molecule has 1 heterocycles. The predicted molar refractivity (Wildman–Crippen MR) is 60.8 cm³/mol. The standard InChI is InChI=1S/C11H17NO2S/c1-2-3-4-5-6-11-10(7-14-9-13)12-8-15-11/h8-9H,2-7H2,1H3. The van der Waals surface area contributed by atoms with E-state index >= 15 is 0 Å². The van der Waals surface area contributed by atoms with Gasteiger partial charge in [0.25, 0.3) is 6.47 Å². The van der Waals surface area contributed by atoms with Gasteiger partial charge in [-0.3, -0.25) is 4.79 Å². The van der Waals surface area contributed by atoms with E-state index < -0.39 is 0 Å². The summed E-state index contributed by atoms with van der Waals surface area (Å²) in [6.45, 7) is 2.99. The predicted octanol–water partition coefficient (Wildman–Crippen LogP) is 2.94.